The number of piperazine rings is 1. The second-order valence-corrected chi connectivity index (χ2v) is 7.42. The van der Waals surface area contributed by atoms with Crippen LogP contribution in [0.25, 0.3) is 5.82 Å². The van der Waals surface area contributed by atoms with Crippen molar-refractivity contribution in [3.8, 4) is 5.82 Å². The molecule has 0 radical (unpaired) electrons. The van der Waals surface area contributed by atoms with Crippen LogP contribution in [0.3, 0.4) is 0 Å². The fourth-order valence-electron chi connectivity index (χ4n) is 3.77. The van der Waals surface area contributed by atoms with E-state index in [2.05, 4.69) is 34.8 Å². The molecule has 30 heavy (non-hydrogen) atoms. The molecule has 3 aromatic rings. The third-order valence-corrected chi connectivity index (χ3v) is 5.45. The minimum atomic E-state index is 0.727. The van der Waals surface area contributed by atoms with Crippen LogP contribution < -0.4 is 14.7 Å². The van der Waals surface area contributed by atoms with Crippen molar-refractivity contribution in [3.63, 3.8) is 0 Å². The topological polar surface area (TPSA) is 88.3 Å². The molecule has 0 bridgehead atoms. The Labute approximate surface area is 175 Å². The number of anilines is 3. The van der Waals surface area contributed by atoms with E-state index in [1.54, 1.807) is 11.0 Å². The Morgan fingerprint density at radius 3 is 2.27 bits per heavy atom. The SMILES string of the molecule is Cc1ccn(-c2cc(N3CCN(c4ccnc(N5CCOCC5)n4)CC3)ncn2)n1. The monoisotopic (exact) mass is 407 g/mol. The molecule has 0 aliphatic carbocycles. The molecule has 0 N–H and O–H groups in total. The first-order valence-corrected chi connectivity index (χ1v) is 10.3. The predicted octanol–water partition coefficient (Wildman–Crippen LogP) is 0.924. The van der Waals surface area contributed by atoms with Gasteiger partial charge in [-0.25, -0.2) is 19.6 Å². The van der Waals surface area contributed by atoms with Gasteiger partial charge in [0.15, 0.2) is 5.82 Å². The van der Waals surface area contributed by atoms with Crippen LogP contribution in [0.1, 0.15) is 5.69 Å². The Bertz CT molecular complexity index is 993. The van der Waals surface area contributed by atoms with Crippen molar-refractivity contribution in [2.24, 2.45) is 0 Å². The third-order valence-electron chi connectivity index (χ3n) is 5.45. The molecule has 3 aromatic heterocycles. The molecule has 0 unspecified atom stereocenters. The first-order chi connectivity index (χ1) is 14.8. The van der Waals surface area contributed by atoms with E-state index < -0.39 is 0 Å². The van der Waals surface area contributed by atoms with Gasteiger partial charge in [0, 0.05) is 57.7 Å². The lowest BCUT2D eigenvalue weighted by atomic mass is 10.3. The highest BCUT2D eigenvalue weighted by atomic mass is 16.5. The second-order valence-electron chi connectivity index (χ2n) is 7.42. The maximum Gasteiger partial charge on any atom is 0.227 e. The summed E-state index contributed by atoms with van der Waals surface area (Å²) in [6.07, 6.45) is 5.37. The van der Waals surface area contributed by atoms with Crippen LogP contribution >= 0.6 is 0 Å². The number of nitrogens with zero attached hydrogens (tertiary/aromatic N) is 9. The average molecular weight is 407 g/mol. The smallest absolute Gasteiger partial charge is 0.227 e. The van der Waals surface area contributed by atoms with Crippen LogP contribution in [0.2, 0.25) is 0 Å². The van der Waals surface area contributed by atoms with E-state index in [4.69, 9.17) is 9.72 Å². The van der Waals surface area contributed by atoms with Crippen molar-refractivity contribution in [1.82, 2.24) is 29.7 Å². The van der Waals surface area contributed by atoms with E-state index in [0.717, 1.165) is 81.6 Å². The molecule has 10 nitrogen and oxygen atoms in total. The van der Waals surface area contributed by atoms with Gasteiger partial charge >= 0.3 is 0 Å². The molecule has 5 heterocycles. The number of ether oxygens (including phenoxy) is 1. The van der Waals surface area contributed by atoms with Crippen LogP contribution in [0, 0.1) is 6.92 Å². The van der Waals surface area contributed by atoms with Gasteiger partial charge in [-0.05, 0) is 19.1 Å². The zero-order chi connectivity index (χ0) is 20.3. The van der Waals surface area contributed by atoms with E-state index in [9.17, 15) is 0 Å². The molecular weight excluding hydrogens is 382 g/mol. The van der Waals surface area contributed by atoms with Gasteiger partial charge in [0.1, 0.15) is 18.0 Å². The molecule has 0 aromatic carbocycles. The van der Waals surface area contributed by atoms with E-state index in [1.807, 2.05) is 37.5 Å². The summed E-state index contributed by atoms with van der Waals surface area (Å²) >= 11 is 0. The molecule has 2 saturated heterocycles. The normalized spacial score (nSPS) is 17.4. The maximum absolute atomic E-state index is 5.43. The van der Waals surface area contributed by atoms with Crippen LogP contribution in [0.15, 0.2) is 36.9 Å². The number of rotatable bonds is 4. The Kier molecular flexibility index (Phi) is 5.14. The Balaban J connectivity index is 1.26. The van der Waals surface area contributed by atoms with Crippen molar-refractivity contribution in [2.75, 3.05) is 67.2 Å². The highest BCUT2D eigenvalue weighted by molar-refractivity contribution is 5.48. The van der Waals surface area contributed by atoms with Crippen LogP contribution in [0.5, 0.6) is 0 Å². The minimum absolute atomic E-state index is 0.727. The molecule has 10 heteroatoms. The zero-order valence-electron chi connectivity index (χ0n) is 17.1. The van der Waals surface area contributed by atoms with Gasteiger partial charge < -0.3 is 19.4 Å². The number of aromatic nitrogens is 6. The summed E-state index contributed by atoms with van der Waals surface area (Å²) in [4.78, 5) is 24.9. The van der Waals surface area contributed by atoms with E-state index >= 15 is 0 Å². The molecule has 0 spiro atoms. The van der Waals surface area contributed by atoms with E-state index in [1.165, 1.54) is 0 Å². The standard InChI is InChI=1S/C20H25N9O/c1-16-3-5-29(25-16)19-14-18(22-15-23-19)27-8-6-26(7-9-27)17-2-4-21-20(24-17)28-10-12-30-13-11-28/h2-5,14-15H,6-13H2,1H3. The molecule has 0 saturated carbocycles. The summed E-state index contributed by atoms with van der Waals surface area (Å²) in [5.74, 6) is 3.46. The van der Waals surface area contributed by atoms with Gasteiger partial charge in [-0.2, -0.15) is 10.1 Å². The minimum Gasteiger partial charge on any atom is -0.378 e. The van der Waals surface area contributed by atoms with Gasteiger partial charge in [-0.3, -0.25) is 0 Å². The summed E-state index contributed by atoms with van der Waals surface area (Å²) in [5, 5.41) is 4.44. The lowest BCUT2D eigenvalue weighted by molar-refractivity contribution is 0.122. The maximum atomic E-state index is 5.43. The molecular formula is C20H25N9O. The fraction of sp³-hybridized carbons (Fsp3) is 0.450. The van der Waals surface area contributed by atoms with E-state index in [-0.39, 0.29) is 0 Å². The number of hydrogen-bond acceptors (Lipinski definition) is 9. The van der Waals surface area contributed by atoms with Gasteiger partial charge in [0.05, 0.1) is 18.9 Å². The zero-order valence-corrected chi connectivity index (χ0v) is 17.1. The van der Waals surface area contributed by atoms with Gasteiger partial charge in [-0.15, -0.1) is 0 Å². The summed E-state index contributed by atoms with van der Waals surface area (Å²) in [7, 11) is 0. The van der Waals surface area contributed by atoms with Gasteiger partial charge in [-0.1, -0.05) is 0 Å². The average Bonchev–Trinajstić information content (AvgIpc) is 3.26. The molecule has 0 atom stereocenters. The van der Waals surface area contributed by atoms with Crippen LogP contribution in [-0.4, -0.2) is 82.2 Å². The Morgan fingerprint density at radius 2 is 1.53 bits per heavy atom. The van der Waals surface area contributed by atoms with Crippen molar-refractivity contribution in [1.29, 1.82) is 0 Å². The summed E-state index contributed by atoms with van der Waals surface area (Å²) in [5.41, 5.74) is 0.963. The number of aryl methyl sites for hydroxylation is 1. The molecule has 2 aliphatic rings. The van der Waals surface area contributed by atoms with Crippen molar-refractivity contribution in [2.45, 2.75) is 6.92 Å². The summed E-state index contributed by atoms with van der Waals surface area (Å²) in [6.45, 7) is 8.58. The van der Waals surface area contributed by atoms with Crippen molar-refractivity contribution >= 4 is 17.6 Å². The first-order valence-electron chi connectivity index (χ1n) is 10.3. The molecule has 5 rings (SSSR count). The largest absolute Gasteiger partial charge is 0.378 e. The molecule has 2 aliphatic heterocycles. The Morgan fingerprint density at radius 1 is 0.800 bits per heavy atom. The highest BCUT2D eigenvalue weighted by Crippen LogP contribution is 2.20. The van der Waals surface area contributed by atoms with Crippen LogP contribution in [-0.2, 0) is 4.74 Å². The number of hydrogen-bond donors (Lipinski definition) is 0. The lowest BCUT2D eigenvalue weighted by Gasteiger charge is -2.36. The fourth-order valence-corrected chi connectivity index (χ4v) is 3.77. The molecule has 156 valence electrons. The Hall–Kier alpha value is -3.27. The molecule has 2 fully saturated rings. The number of morpholine rings is 1. The predicted molar refractivity (Wildman–Crippen MR) is 113 cm³/mol. The van der Waals surface area contributed by atoms with E-state index in [0.29, 0.717) is 0 Å². The van der Waals surface area contributed by atoms with Gasteiger partial charge in [0.25, 0.3) is 0 Å². The third kappa shape index (κ3) is 3.90. The summed E-state index contributed by atoms with van der Waals surface area (Å²) < 4.78 is 7.21. The van der Waals surface area contributed by atoms with Crippen molar-refractivity contribution < 1.29 is 4.74 Å². The molecule has 0 amide bonds. The quantitative estimate of drug-likeness (QED) is 0.626. The first kappa shape index (κ1) is 18.7. The van der Waals surface area contributed by atoms with Gasteiger partial charge in [0.2, 0.25) is 5.95 Å². The lowest BCUT2D eigenvalue weighted by Crippen LogP contribution is -2.47. The second kappa shape index (κ2) is 8.23. The van der Waals surface area contributed by atoms with Crippen LogP contribution in [0.4, 0.5) is 17.6 Å². The van der Waals surface area contributed by atoms with Crippen molar-refractivity contribution in [3.05, 3.63) is 42.6 Å². The highest BCUT2D eigenvalue weighted by Gasteiger charge is 2.21. The summed E-state index contributed by atoms with van der Waals surface area (Å²) in [6, 6.07) is 5.94.